The van der Waals surface area contributed by atoms with Crippen LogP contribution in [0.2, 0.25) is 0 Å². The van der Waals surface area contributed by atoms with Gasteiger partial charge in [-0.15, -0.1) is 0 Å². The minimum atomic E-state index is 0.00405. The predicted octanol–water partition coefficient (Wildman–Crippen LogP) is 14.0. The number of hydrogen-bond donors (Lipinski definition) is 0. The molecule has 3 heterocycles. The Morgan fingerprint density at radius 1 is 0.350 bits per heavy atom. The summed E-state index contributed by atoms with van der Waals surface area (Å²) in [5.74, 6) is 1.86. The average Bonchev–Trinajstić information content (AvgIpc) is 3.81. The predicted molar refractivity (Wildman–Crippen MR) is 249 cm³/mol. The molecule has 0 amide bonds. The van der Waals surface area contributed by atoms with E-state index < -0.39 is 0 Å². The Hall–Kier alpha value is -7.63. The smallest absolute Gasteiger partial charge is 0.166 e. The average molecular weight is 772 g/mol. The molecule has 0 fully saturated rings. The van der Waals surface area contributed by atoms with Gasteiger partial charge in [0.15, 0.2) is 17.5 Å². The van der Waals surface area contributed by atoms with Crippen molar-refractivity contribution >= 4 is 43.6 Å². The molecule has 286 valence electrons. The van der Waals surface area contributed by atoms with E-state index in [0.717, 1.165) is 55.7 Å². The standard InChI is InChI=1S/C55H41N5/c1-55(2,3)40-29-32-49-45(35-40)43-24-14-16-26-48(43)60(49)50-31-28-38(39-27-30-44-42-23-13-15-25-47(42)59(51(44)34-39)41-21-11-6-12-22-41)33-46(50)54-57-52(36-17-7-4-8-18-36)56-53(58-54)37-19-9-5-10-20-37/h4-35H,1-3H3. The van der Waals surface area contributed by atoms with Crippen molar-refractivity contribution in [3.63, 3.8) is 0 Å². The Kier molecular flexibility index (Phi) is 8.31. The van der Waals surface area contributed by atoms with Gasteiger partial charge in [-0.2, -0.15) is 0 Å². The van der Waals surface area contributed by atoms with E-state index >= 15 is 0 Å². The van der Waals surface area contributed by atoms with Crippen molar-refractivity contribution in [2.24, 2.45) is 0 Å². The lowest BCUT2D eigenvalue weighted by atomic mass is 9.86. The van der Waals surface area contributed by atoms with E-state index in [1.165, 1.54) is 32.6 Å². The first-order valence-electron chi connectivity index (χ1n) is 20.5. The quantitative estimate of drug-likeness (QED) is 0.169. The third-order valence-corrected chi connectivity index (χ3v) is 11.7. The van der Waals surface area contributed by atoms with Crippen molar-refractivity contribution in [3.05, 3.63) is 200 Å². The van der Waals surface area contributed by atoms with Crippen LogP contribution in [-0.2, 0) is 5.41 Å². The number of hydrogen-bond acceptors (Lipinski definition) is 3. The van der Waals surface area contributed by atoms with E-state index in [9.17, 15) is 0 Å². The van der Waals surface area contributed by atoms with Crippen LogP contribution >= 0.6 is 0 Å². The molecular weight excluding hydrogens is 731 g/mol. The van der Waals surface area contributed by atoms with Gasteiger partial charge in [-0.05, 0) is 76.7 Å². The Balaban J connectivity index is 1.20. The van der Waals surface area contributed by atoms with Crippen LogP contribution in [0.15, 0.2) is 194 Å². The van der Waals surface area contributed by atoms with Gasteiger partial charge in [0.05, 0.1) is 27.8 Å². The van der Waals surface area contributed by atoms with Gasteiger partial charge in [-0.1, -0.05) is 160 Å². The normalized spacial score (nSPS) is 11.9. The summed E-state index contributed by atoms with van der Waals surface area (Å²) in [4.78, 5) is 15.7. The summed E-state index contributed by atoms with van der Waals surface area (Å²) in [6.45, 7) is 6.82. The molecule has 0 radical (unpaired) electrons. The summed E-state index contributed by atoms with van der Waals surface area (Å²) < 4.78 is 4.76. The third kappa shape index (κ3) is 5.97. The fourth-order valence-electron chi connectivity index (χ4n) is 8.72. The summed E-state index contributed by atoms with van der Waals surface area (Å²) >= 11 is 0. The highest BCUT2D eigenvalue weighted by atomic mass is 15.1. The lowest BCUT2D eigenvalue weighted by molar-refractivity contribution is 0.591. The second-order valence-corrected chi connectivity index (χ2v) is 16.5. The minimum Gasteiger partial charge on any atom is -0.309 e. The van der Waals surface area contributed by atoms with Gasteiger partial charge < -0.3 is 9.13 Å². The monoisotopic (exact) mass is 771 g/mol. The molecule has 0 N–H and O–H groups in total. The number of rotatable bonds is 6. The van der Waals surface area contributed by atoms with E-state index in [4.69, 9.17) is 15.0 Å². The van der Waals surface area contributed by atoms with E-state index in [0.29, 0.717) is 17.5 Å². The molecule has 8 aromatic carbocycles. The summed E-state index contributed by atoms with van der Waals surface area (Å²) in [5.41, 5.74) is 13.0. The Morgan fingerprint density at radius 2 is 0.850 bits per heavy atom. The van der Waals surface area contributed by atoms with E-state index in [2.05, 4.69) is 188 Å². The maximum absolute atomic E-state index is 5.30. The van der Waals surface area contributed by atoms with Crippen molar-refractivity contribution in [1.82, 2.24) is 24.1 Å². The summed E-state index contributed by atoms with van der Waals surface area (Å²) in [6, 6.07) is 69.0. The van der Waals surface area contributed by atoms with Gasteiger partial charge in [0.25, 0.3) is 0 Å². The Morgan fingerprint density at radius 3 is 1.50 bits per heavy atom. The lowest BCUT2D eigenvalue weighted by Gasteiger charge is -2.19. The summed E-state index contributed by atoms with van der Waals surface area (Å²) in [5, 5.41) is 4.87. The van der Waals surface area contributed by atoms with Crippen LogP contribution in [0.3, 0.4) is 0 Å². The molecule has 0 bridgehead atoms. The molecule has 0 saturated carbocycles. The number of nitrogens with zero attached hydrogens (tertiary/aromatic N) is 5. The molecule has 11 rings (SSSR count). The maximum atomic E-state index is 5.30. The number of aromatic nitrogens is 5. The molecule has 5 nitrogen and oxygen atoms in total. The molecule has 3 aromatic heterocycles. The number of para-hydroxylation sites is 3. The van der Waals surface area contributed by atoms with Gasteiger partial charge in [0.2, 0.25) is 0 Å². The van der Waals surface area contributed by atoms with Gasteiger partial charge >= 0.3 is 0 Å². The second-order valence-electron chi connectivity index (χ2n) is 16.5. The van der Waals surface area contributed by atoms with Gasteiger partial charge in [-0.25, -0.2) is 15.0 Å². The first-order valence-corrected chi connectivity index (χ1v) is 20.5. The Labute approximate surface area is 348 Å². The second kappa shape index (κ2) is 14.0. The fourth-order valence-corrected chi connectivity index (χ4v) is 8.72. The van der Waals surface area contributed by atoms with Crippen LogP contribution in [0.5, 0.6) is 0 Å². The number of fused-ring (bicyclic) bond motifs is 6. The first kappa shape index (κ1) is 35.5. The fraction of sp³-hybridized carbons (Fsp3) is 0.0727. The highest BCUT2D eigenvalue weighted by molar-refractivity contribution is 6.11. The molecule has 0 saturated heterocycles. The molecule has 5 heteroatoms. The van der Waals surface area contributed by atoms with E-state index in [-0.39, 0.29) is 5.41 Å². The third-order valence-electron chi connectivity index (χ3n) is 11.7. The first-order chi connectivity index (χ1) is 29.4. The van der Waals surface area contributed by atoms with Crippen molar-refractivity contribution in [2.75, 3.05) is 0 Å². The summed E-state index contributed by atoms with van der Waals surface area (Å²) in [7, 11) is 0. The SMILES string of the molecule is CC(C)(C)c1ccc2c(c1)c1ccccc1n2-c1ccc(-c2ccc3c4ccccc4n(-c4ccccc4)c3c2)cc1-c1nc(-c2ccccc2)nc(-c2ccccc2)n1. The van der Waals surface area contributed by atoms with Crippen LogP contribution in [0.25, 0.3) is 100 Å². The van der Waals surface area contributed by atoms with Crippen LogP contribution in [0, 0.1) is 0 Å². The maximum Gasteiger partial charge on any atom is 0.166 e. The molecule has 0 aliphatic carbocycles. The van der Waals surface area contributed by atoms with Crippen LogP contribution in [-0.4, -0.2) is 24.1 Å². The molecule has 60 heavy (non-hydrogen) atoms. The zero-order valence-electron chi connectivity index (χ0n) is 33.7. The van der Waals surface area contributed by atoms with Crippen LogP contribution in [0.4, 0.5) is 0 Å². The molecule has 0 aliphatic rings. The molecular formula is C55H41N5. The zero-order valence-corrected chi connectivity index (χ0v) is 33.7. The van der Waals surface area contributed by atoms with E-state index in [1.54, 1.807) is 0 Å². The molecule has 11 aromatic rings. The van der Waals surface area contributed by atoms with Crippen LogP contribution < -0.4 is 0 Å². The molecule has 0 aliphatic heterocycles. The van der Waals surface area contributed by atoms with Crippen LogP contribution in [0.1, 0.15) is 26.3 Å². The zero-order chi connectivity index (χ0) is 40.4. The topological polar surface area (TPSA) is 48.5 Å². The highest BCUT2D eigenvalue weighted by Gasteiger charge is 2.23. The molecule has 0 spiro atoms. The van der Waals surface area contributed by atoms with Crippen molar-refractivity contribution in [2.45, 2.75) is 26.2 Å². The van der Waals surface area contributed by atoms with Gasteiger partial charge in [0.1, 0.15) is 0 Å². The molecule has 0 unspecified atom stereocenters. The molecule has 0 atom stereocenters. The Bertz CT molecular complexity index is 3330. The minimum absolute atomic E-state index is 0.00405. The van der Waals surface area contributed by atoms with Crippen molar-refractivity contribution in [1.29, 1.82) is 0 Å². The highest BCUT2D eigenvalue weighted by Crippen LogP contribution is 2.41. The van der Waals surface area contributed by atoms with Gasteiger partial charge in [0, 0.05) is 43.9 Å². The largest absolute Gasteiger partial charge is 0.309 e. The summed E-state index contributed by atoms with van der Waals surface area (Å²) in [6.07, 6.45) is 0. The van der Waals surface area contributed by atoms with E-state index in [1.807, 2.05) is 36.4 Å². The number of benzene rings is 8. The lowest BCUT2D eigenvalue weighted by Crippen LogP contribution is -2.10. The van der Waals surface area contributed by atoms with Crippen molar-refractivity contribution in [3.8, 4) is 56.7 Å². The van der Waals surface area contributed by atoms with Gasteiger partial charge in [-0.3, -0.25) is 0 Å². The van der Waals surface area contributed by atoms with Crippen molar-refractivity contribution < 1.29 is 0 Å².